The molecule has 6 nitrogen and oxygen atoms in total. The van der Waals surface area contributed by atoms with E-state index in [-0.39, 0.29) is 18.0 Å². The van der Waals surface area contributed by atoms with Crippen molar-refractivity contribution in [2.45, 2.75) is 57.0 Å². The van der Waals surface area contributed by atoms with Gasteiger partial charge in [0, 0.05) is 43.8 Å². The molecule has 1 saturated heterocycles. The summed E-state index contributed by atoms with van der Waals surface area (Å²) in [6.07, 6.45) is 8.36. The first-order valence-electron chi connectivity index (χ1n) is 14.5. The van der Waals surface area contributed by atoms with Crippen molar-refractivity contribution in [1.29, 1.82) is 0 Å². The summed E-state index contributed by atoms with van der Waals surface area (Å²) < 4.78 is 11.8. The molecule has 6 aliphatic rings. The molecule has 3 aliphatic heterocycles. The fourth-order valence-electron chi connectivity index (χ4n) is 7.83. The van der Waals surface area contributed by atoms with Gasteiger partial charge in [-0.15, -0.1) is 0 Å². The second-order valence-corrected chi connectivity index (χ2v) is 11.7. The lowest BCUT2D eigenvalue weighted by Gasteiger charge is -2.48. The van der Waals surface area contributed by atoms with Crippen molar-refractivity contribution in [3.8, 4) is 11.5 Å². The van der Waals surface area contributed by atoms with Gasteiger partial charge in [0.1, 0.15) is 13.2 Å². The summed E-state index contributed by atoms with van der Waals surface area (Å²) >= 11 is 0. The molecule has 196 valence electrons. The van der Waals surface area contributed by atoms with Crippen molar-refractivity contribution in [1.82, 2.24) is 4.90 Å². The van der Waals surface area contributed by atoms with Gasteiger partial charge in [-0.3, -0.25) is 9.69 Å². The van der Waals surface area contributed by atoms with E-state index in [2.05, 4.69) is 51.5 Å². The molecule has 37 heavy (non-hydrogen) atoms. The minimum Gasteiger partial charge on any atom is -0.486 e. The Kier molecular flexibility index (Phi) is 6.23. The Bertz CT molecular complexity index is 1140. The van der Waals surface area contributed by atoms with E-state index in [1.807, 2.05) is 6.07 Å². The number of benzene rings is 2. The van der Waals surface area contributed by atoms with Crippen LogP contribution in [0.2, 0.25) is 0 Å². The molecule has 0 amide bonds. The van der Waals surface area contributed by atoms with Gasteiger partial charge in [0.2, 0.25) is 0 Å². The number of nitrogens with zero attached hydrogens (tertiary/aromatic N) is 2. The van der Waals surface area contributed by atoms with Gasteiger partial charge in [-0.05, 0) is 67.7 Å². The Balaban J connectivity index is 1.12. The predicted molar refractivity (Wildman–Crippen MR) is 146 cm³/mol. The number of Topliss-reactive ketones (excluding diaryl/α,β-unsaturated/α-hetero) is 1. The van der Waals surface area contributed by atoms with Crippen LogP contribution in [-0.2, 0) is 11.2 Å². The number of aryl methyl sites for hydroxylation is 1. The highest BCUT2D eigenvalue weighted by atomic mass is 16.6. The van der Waals surface area contributed by atoms with Gasteiger partial charge in [-0.2, -0.15) is 0 Å². The van der Waals surface area contributed by atoms with Crippen LogP contribution in [-0.4, -0.2) is 62.2 Å². The molecule has 3 unspecified atom stereocenters. The van der Waals surface area contributed by atoms with Gasteiger partial charge in [-0.25, -0.2) is 0 Å². The molecular weight excluding hydrogens is 462 g/mol. The molecule has 2 aromatic carbocycles. The third kappa shape index (κ3) is 4.37. The minimum atomic E-state index is -0.0517. The number of rotatable bonds is 5. The Hall–Kier alpha value is -2.73. The van der Waals surface area contributed by atoms with Crippen LogP contribution < -0.4 is 19.7 Å². The van der Waals surface area contributed by atoms with Crippen LogP contribution in [0, 0.1) is 17.8 Å². The lowest BCUT2D eigenvalue weighted by molar-refractivity contribution is -0.134. The van der Waals surface area contributed by atoms with E-state index in [9.17, 15) is 4.79 Å². The smallest absolute Gasteiger partial charge is 0.184 e. The van der Waals surface area contributed by atoms with E-state index in [0.29, 0.717) is 24.9 Å². The van der Waals surface area contributed by atoms with Gasteiger partial charge >= 0.3 is 0 Å². The molecule has 8 rings (SSSR count). The molecule has 0 spiro atoms. The number of fused-ring (bicyclic) bond motifs is 5. The first-order chi connectivity index (χ1) is 18.2. The van der Waals surface area contributed by atoms with E-state index < -0.39 is 0 Å². The van der Waals surface area contributed by atoms with Gasteiger partial charge in [-0.1, -0.05) is 37.1 Å². The standard InChI is InChI=1S/C31H39N3O3/c35-30(24-20-21-8-10-22(24)11-9-21)29(26-13-12-23-4-1-2-5-25(23)32-26)34-16-14-33(15-17-34)27-6-3-7-28-31(27)37-19-18-36-28/h1-7,21-22,24,26,29,32H,8-20H2. The second kappa shape index (κ2) is 9.86. The summed E-state index contributed by atoms with van der Waals surface area (Å²) in [6, 6.07) is 15.0. The zero-order chi connectivity index (χ0) is 24.8. The third-order valence-corrected chi connectivity index (χ3v) is 9.76. The summed E-state index contributed by atoms with van der Waals surface area (Å²) in [4.78, 5) is 19.3. The maximum Gasteiger partial charge on any atom is 0.184 e. The first kappa shape index (κ1) is 23.4. The summed E-state index contributed by atoms with van der Waals surface area (Å²) in [5, 5.41) is 3.83. The molecule has 0 aromatic heterocycles. The number of carbonyl (C=O) groups is 1. The van der Waals surface area contributed by atoms with Gasteiger partial charge in [0.15, 0.2) is 17.3 Å². The number of hydrogen-bond donors (Lipinski definition) is 1. The minimum absolute atomic E-state index is 0.0517. The van der Waals surface area contributed by atoms with Crippen molar-refractivity contribution in [3.05, 3.63) is 48.0 Å². The lowest BCUT2D eigenvalue weighted by Crippen LogP contribution is -2.60. The number of para-hydroxylation sites is 2. The Labute approximate surface area is 220 Å². The SMILES string of the molecule is O=C(C1CC2CCC1CC2)C(C1CCc2ccccc2N1)N1CCN(c2cccc3c2OCCO3)CC1. The third-order valence-electron chi connectivity index (χ3n) is 9.76. The molecule has 3 aliphatic carbocycles. The normalized spacial score (nSPS) is 29.8. The van der Waals surface area contributed by atoms with Crippen molar-refractivity contribution in [2.24, 2.45) is 17.8 Å². The molecule has 4 fully saturated rings. The van der Waals surface area contributed by atoms with E-state index in [0.717, 1.165) is 68.5 Å². The fraction of sp³-hybridized carbons (Fsp3) is 0.581. The highest BCUT2D eigenvalue weighted by molar-refractivity contribution is 5.88. The number of ether oxygens (including phenoxy) is 2. The number of carbonyl (C=O) groups excluding carboxylic acids is 1. The highest BCUT2D eigenvalue weighted by Gasteiger charge is 2.46. The maximum absolute atomic E-state index is 14.4. The van der Waals surface area contributed by atoms with Crippen LogP contribution in [0.5, 0.6) is 11.5 Å². The zero-order valence-corrected chi connectivity index (χ0v) is 21.7. The predicted octanol–water partition coefficient (Wildman–Crippen LogP) is 4.77. The van der Waals surface area contributed by atoms with Gasteiger partial charge in [0.25, 0.3) is 0 Å². The van der Waals surface area contributed by atoms with Crippen molar-refractivity contribution >= 4 is 17.2 Å². The van der Waals surface area contributed by atoms with Crippen molar-refractivity contribution in [3.63, 3.8) is 0 Å². The van der Waals surface area contributed by atoms with Gasteiger partial charge < -0.3 is 19.7 Å². The lowest BCUT2D eigenvalue weighted by atomic mass is 9.62. The second-order valence-electron chi connectivity index (χ2n) is 11.7. The van der Waals surface area contributed by atoms with Crippen LogP contribution in [0.1, 0.15) is 44.1 Å². The highest BCUT2D eigenvalue weighted by Crippen LogP contribution is 2.46. The Morgan fingerprint density at radius 3 is 2.51 bits per heavy atom. The average molecular weight is 502 g/mol. The van der Waals surface area contributed by atoms with E-state index >= 15 is 0 Å². The number of nitrogens with one attached hydrogen (secondary N) is 1. The topological polar surface area (TPSA) is 54.0 Å². The Morgan fingerprint density at radius 1 is 0.892 bits per heavy atom. The quantitative estimate of drug-likeness (QED) is 0.637. The summed E-state index contributed by atoms with van der Waals surface area (Å²) in [5.74, 6) is 3.86. The summed E-state index contributed by atoms with van der Waals surface area (Å²) in [6.45, 7) is 4.77. The fourth-order valence-corrected chi connectivity index (χ4v) is 7.83. The average Bonchev–Trinajstić information content (AvgIpc) is 2.98. The van der Waals surface area contributed by atoms with Crippen LogP contribution in [0.3, 0.4) is 0 Å². The molecule has 2 aromatic rings. The monoisotopic (exact) mass is 501 g/mol. The number of piperazine rings is 1. The summed E-state index contributed by atoms with van der Waals surface area (Å²) in [7, 11) is 0. The largest absolute Gasteiger partial charge is 0.486 e. The van der Waals surface area contributed by atoms with Crippen LogP contribution >= 0.6 is 0 Å². The first-order valence-corrected chi connectivity index (χ1v) is 14.5. The summed E-state index contributed by atoms with van der Waals surface area (Å²) in [5.41, 5.74) is 3.71. The molecule has 0 radical (unpaired) electrons. The van der Waals surface area contributed by atoms with E-state index in [1.54, 1.807) is 0 Å². The molecule has 1 N–H and O–H groups in total. The van der Waals surface area contributed by atoms with E-state index in [1.165, 1.54) is 36.9 Å². The van der Waals surface area contributed by atoms with Crippen molar-refractivity contribution < 1.29 is 14.3 Å². The van der Waals surface area contributed by atoms with Crippen molar-refractivity contribution in [2.75, 3.05) is 49.6 Å². The van der Waals surface area contributed by atoms with Crippen LogP contribution in [0.15, 0.2) is 42.5 Å². The molecule has 3 heterocycles. The maximum atomic E-state index is 14.4. The van der Waals surface area contributed by atoms with Gasteiger partial charge in [0.05, 0.1) is 11.7 Å². The number of ketones is 1. The zero-order valence-electron chi connectivity index (χ0n) is 21.7. The molecule has 3 saturated carbocycles. The van der Waals surface area contributed by atoms with Crippen LogP contribution in [0.4, 0.5) is 11.4 Å². The molecule has 6 heteroatoms. The number of anilines is 2. The molecular formula is C31H39N3O3. The number of hydrogen-bond acceptors (Lipinski definition) is 6. The Morgan fingerprint density at radius 2 is 1.70 bits per heavy atom. The molecule has 2 bridgehead atoms. The molecule has 3 atom stereocenters. The van der Waals surface area contributed by atoms with E-state index in [4.69, 9.17) is 9.47 Å². The van der Waals surface area contributed by atoms with Crippen LogP contribution in [0.25, 0.3) is 0 Å².